The number of hydrogen-bond donors (Lipinski definition) is 2. The third kappa shape index (κ3) is 5.02. The molecular weight excluding hydrogens is 316 g/mol. The minimum Gasteiger partial charge on any atom is -0.384 e. The number of methoxy groups -OCH3 is 1. The number of benzene rings is 1. The first-order valence-electron chi connectivity index (χ1n) is 7.84. The van der Waals surface area contributed by atoms with E-state index in [0.717, 1.165) is 25.7 Å². The van der Waals surface area contributed by atoms with Gasteiger partial charge in [0.15, 0.2) is 0 Å². The molecule has 1 atom stereocenters. The van der Waals surface area contributed by atoms with Crippen LogP contribution >= 0.6 is 0 Å². The fraction of sp³-hybridized carbons (Fsp3) is 0.562. The first kappa shape index (κ1) is 17.9. The number of carbonyl (C=O) groups is 1. The van der Waals surface area contributed by atoms with Gasteiger partial charge >= 0.3 is 0 Å². The van der Waals surface area contributed by atoms with Crippen molar-refractivity contribution in [1.29, 1.82) is 0 Å². The molecule has 1 aliphatic rings. The molecule has 1 aromatic carbocycles. The van der Waals surface area contributed by atoms with E-state index in [4.69, 9.17) is 4.74 Å². The molecule has 0 heterocycles. The second-order valence-corrected chi connectivity index (χ2v) is 7.69. The largest absolute Gasteiger partial charge is 0.384 e. The van der Waals surface area contributed by atoms with E-state index in [2.05, 4.69) is 10.0 Å². The molecule has 1 aliphatic carbocycles. The minimum absolute atomic E-state index is 0.0364. The first-order chi connectivity index (χ1) is 10.9. The summed E-state index contributed by atoms with van der Waals surface area (Å²) in [5.41, 5.74) is 0.567. The number of carbonyl (C=O) groups excluding carboxylic acids is 1. The van der Waals surface area contributed by atoms with Crippen LogP contribution in [0.25, 0.3) is 0 Å². The van der Waals surface area contributed by atoms with E-state index in [-0.39, 0.29) is 22.8 Å². The van der Waals surface area contributed by atoms with Crippen LogP contribution in [0.5, 0.6) is 0 Å². The fourth-order valence-electron chi connectivity index (χ4n) is 2.64. The number of sulfonamides is 1. The number of rotatable bonds is 7. The van der Waals surface area contributed by atoms with Crippen molar-refractivity contribution in [3.05, 3.63) is 24.3 Å². The normalized spacial score (nSPS) is 17.1. The molecule has 1 fully saturated rings. The molecular formula is C16H24N2O4S. The molecule has 0 bridgehead atoms. The maximum Gasteiger partial charge on any atom is 0.240 e. The van der Waals surface area contributed by atoms with Crippen LogP contribution in [0.3, 0.4) is 0 Å². The summed E-state index contributed by atoms with van der Waals surface area (Å²) in [5, 5.41) is 2.74. The lowest BCUT2D eigenvalue weighted by atomic mass is 10.2. The summed E-state index contributed by atoms with van der Waals surface area (Å²) in [6, 6.07) is 6.25. The van der Waals surface area contributed by atoms with Gasteiger partial charge in [0.05, 0.1) is 17.4 Å². The van der Waals surface area contributed by atoms with Gasteiger partial charge in [0.1, 0.15) is 0 Å². The van der Waals surface area contributed by atoms with E-state index in [1.807, 2.05) is 0 Å². The van der Waals surface area contributed by atoms with Gasteiger partial charge in [-0.15, -0.1) is 0 Å². The van der Waals surface area contributed by atoms with Gasteiger partial charge in [0, 0.05) is 18.8 Å². The predicted octanol–water partition coefficient (Wildman–Crippen LogP) is 2.13. The van der Waals surface area contributed by atoms with Gasteiger partial charge in [0.25, 0.3) is 0 Å². The third-order valence-corrected chi connectivity index (χ3v) is 5.51. The van der Waals surface area contributed by atoms with E-state index in [1.165, 1.54) is 12.1 Å². The Morgan fingerprint density at radius 3 is 2.43 bits per heavy atom. The van der Waals surface area contributed by atoms with Crippen molar-refractivity contribution in [2.24, 2.45) is 5.92 Å². The fourth-order valence-corrected chi connectivity index (χ4v) is 3.94. The summed E-state index contributed by atoms with van der Waals surface area (Å²) in [5.74, 6) is -0.431. The summed E-state index contributed by atoms with van der Waals surface area (Å²) in [6.45, 7) is 2.10. The zero-order chi connectivity index (χ0) is 16.9. The van der Waals surface area contributed by atoms with Crippen molar-refractivity contribution in [3.63, 3.8) is 0 Å². The number of anilines is 1. The van der Waals surface area contributed by atoms with Crippen LogP contribution in [0.4, 0.5) is 5.69 Å². The number of amides is 1. The molecule has 0 spiro atoms. The van der Waals surface area contributed by atoms with Crippen molar-refractivity contribution < 1.29 is 17.9 Å². The maximum atomic E-state index is 12.3. The first-order valence-corrected chi connectivity index (χ1v) is 9.33. The van der Waals surface area contributed by atoms with Gasteiger partial charge in [0.2, 0.25) is 15.9 Å². The van der Waals surface area contributed by atoms with Gasteiger partial charge in [-0.3, -0.25) is 4.79 Å². The molecule has 0 radical (unpaired) electrons. The molecule has 0 saturated heterocycles. The highest BCUT2D eigenvalue weighted by molar-refractivity contribution is 7.89. The van der Waals surface area contributed by atoms with Crippen molar-refractivity contribution in [2.45, 2.75) is 43.5 Å². The van der Waals surface area contributed by atoms with Gasteiger partial charge in [-0.2, -0.15) is 0 Å². The SMILES string of the molecule is COC[C@H](C)C(=O)Nc1ccc(S(=O)(=O)NC2CCCC2)cc1. The van der Waals surface area contributed by atoms with Crippen molar-refractivity contribution in [3.8, 4) is 0 Å². The molecule has 0 aliphatic heterocycles. The number of ether oxygens (including phenoxy) is 1. The topological polar surface area (TPSA) is 84.5 Å². The molecule has 0 aromatic heterocycles. The lowest BCUT2D eigenvalue weighted by Gasteiger charge is -2.14. The Labute approximate surface area is 137 Å². The molecule has 1 aromatic rings. The summed E-state index contributed by atoms with van der Waals surface area (Å²) in [7, 11) is -1.95. The van der Waals surface area contributed by atoms with E-state index >= 15 is 0 Å². The monoisotopic (exact) mass is 340 g/mol. The van der Waals surface area contributed by atoms with Crippen LogP contribution in [0, 0.1) is 5.92 Å². The van der Waals surface area contributed by atoms with Crippen molar-refractivity contribution in [1.82, 2.24) is 4.72 Å². The Bertz CT molecular complexity index is 622. The zero-order valence-electron chi connectivity index (χ0n) is 13.5. The van der Waals surface area contributed by atoms with E-state index in [1.54, 1.807) is 26.2 Å². The Hall–Kier alpha value is -1.44. The zero-order valence-corrected chi connectivity index (χ0v) is 14.4. The van der Waals surface area contributed by atoms with Crippen molar-refractivity contribution in [2.75, 3.05) is 19.0 Å². The van der Waals surface area contributed by atoms with E-state index < -0.39 is 10.0 Å². The van der Waals surface area contributed by atoms with Crippen LogP contribution in [0.1, 0.15) is 32.6 Å². The van der Waals surface area contributed by atoms with Crippen LogP contribution in [0.2, 0.25) is 0 Å². The van der Waals surface area contributed by atoms with Gasteiger partial charge < -0.3 is 10.1 Å². The highest BCUT2D eigenvalue weighted by Gasteiger charge is 2.22. The van der Waals surface area contributed by atoms with E-state index in [9.17, 15) is 13.2 Å². The quantitative estimate of drug-likeness (QED) is 0.796. The standard InChI is InChI=1S/C16H24N2O4S/c1-12(11-22-2)16(19)17-13-7-9-15(10-8-13)23(20,21)18-14-5-3-4-6-14/h7-10,12,14,18H,3-6,11H2,1-2H3,(H,17,19)/t12-/m0/s1. The lowest BCUT2D eigenvalue weighted by molar-refractivity contribution is -0.120. The molecule has 7 heteroatoms. The highest BCUT2D eigenvalue weighted by atomic mass is 32.2. The smallest absolute Gasteiger partial charge is 0.240 e. The average Bonchev–Trinajstić information content (AvgIpc) is 3.00. The Morgan fingerprint density at radius 1 is 1.26 bits per heavy atom. The Kier molecular flexibility index (Phi) is 6.15. The van der Waals surface area contributed by atoms with Gasteiger partial charge in [-0.05, 0) is 37.1 Å². The molecule has 2 rings (SSSR count). The predicted molar refractivity (Wildman–Crippen MR) is 88.7 cm³/mol. The highest BCUT2D eigenvalue weighted by Crippen LogP contribution is 2.21. The minimum atomic E-state index is -3.50. The maximum absolute atomic E-state index is 12.3. The molecule has 1 saturated carbocycles. The summed E-state index contributed by atoms with van der Waals surface area (Å²) < 4.78 is 32.3. The number of nitrogens with one attached hydrogen (secondary N) is 2. The van der Waals surface area contributed by atoms with Crippen LogP contribution in [-0.4, -0.2) is 34.1 Å². The molecule has 6 nitrogen and oxygen atoms in total. The molecule has 0 unspecified atom stereocenters. The summed E-state index contributed by atoms with van der Waals surface area (Å²) in [6.07, 6.45) is 3.92. The second-order valence-electron chi connectivity index (χ2n) is 5.97. The lowest BCUT2D eigenvalue weighted by Crippen LogP contribution is -2.32. The third-order valence-electron chi connectivity index (χ3n) is 3.97. The van der Waals surface area contributed by atoms with Crippen LogP contribution < -0.4 is 10.0 Å². The van der Waals surface area contributed by atoms with Crippen LogP contribution in [-0.2, 0) is 19.6 Å². The van der Waals surface area contributed by atoms with E-state index in [0.29, 0.717) is 12.3 Å². The molecule has 1 amide bonds. The molecule has 2 N–H and O–H groups in total. The van der Waals surface area contributed by atoms with Crippen LogP contribution in [0.15, 0.2) is 29.2 Å². The average molecular weight is 340 g/mol. The Balaban J connectivity index is 1.99. The summed E-state index contributed by atoms with van der Waals surface area (Å²) >= 11 is 0. The molecule has 128 valence electrons. The summed E-state index contributed by atoms with van der Waals surface area (Å²) in [4.78, 5) is 12.1. The second kappa shape index (κ2) is 7.90. The number of hydrogen-bond acceptors (Lipinski definition) is 4. The Morgan fingerprint density at radius 2 is 1.87 bits per heavy atom. The van der Waals surface area contributed by atoms with Crippen molar-refractivity contribution >= 4 is 21.6 Å². The molecule has 23 heavy (non-hydrogen) atoms. The van der Waals surface area contributed by atoms with Gasteiger partial charge in [-0.1, -0.05) is 19.8 Å². The van der Waals surface area contributed by atoms with Gasteiger partial charge in [-0.25, -0.2) is 13.1 Å².